The third kappa shape index (κ3) is 6.56. The van der Waals surface area contributed by atoms with Crippen LogP contribution in [0.5, 0.6) is 0 Å². The van der Waals surface area contributed by atoms with Crippen LogP contribution < -0.4 is 31.8 Å². The molecule has 212 valence electrons. The summed E-state index contributed by atoms with van der Waals surface area (Å²) < 4.78 is 0. The molecule has 10 rings (SSSR count). The molecular formula is C40H36P2S. The number of hydrogen-bond acceptors (Lipinski definition) is 0. The lowest BCUT2D eigenvalue weighted by molar-refractivity contribution is 0.933. The highest BCUT2D eigenvalue weighted by Crippen LogP contribution is 2.37. The van der Waals surface area contributed by atoms with Crippen molar-refractivity contribution in [3.8, 4) is 0 Å². The zero-order chi connectivity index (χ0) is 28.1. The number of hydrogen-bond donors (Lipinski definition) is 0. The highest BCUT2D eigenvalue weighted by molar-refractivity contribution is 7.80. The summed E-state index contributed by atoms with van der Waals surface area (Å²) in [4.78, 5) is 0. The molecule has 0 nitrogen and oxygen atoms in total. The largest absolute Gasteiger partial charge is 0.197 e. The quantitative estimate of drug-likeness (QED) is 0.175. The molecule has 0 spiro atoms. The highest BCUT2D eigenvalue weighted by Gasteiger charge is 2.23. The SMILES string of the molecule is S.c1ccc(P(c2ccccc2)c2cc3ccc2CCc2ccc(c(P(c4ccccc4)c4ccccc4)c2)CC3)cc1. The molecule has 4 aliphatic rings. The first kappa shape index (κ1) is 29.6. The third-order valence-electron chi connectivity index (χ3n) is 8.20. The van der Waals surface area contributed by atoms with E-state index in [1.165, 1.54) is 54.1 Å². The Bertz CT molecular complexity index is 1560. The van der Waals surface area contributed by atoms with Crippen molar-refractivity contribution >= 4 is 61.2 Å². The molecule has 4 bridgehead atoms. The molecule has 0 fully saturated rings. The summed E-state index contributed by atoms with van der Waals surface area (Å²) in [6, 6.07) is 59.3. The van der Waals surface area contributed by atoms with Crippen molar-refractivity contribution in [2.24, 2.45) is 0 Å². The second-order valence-corrected chi connectivity index (χ2v) is 15.3. The standard InChI is InChI=1S/C40H34P2.H2S/c1-5-13-35(14-6-1)41(36-15-7-2-8-16-36)39-29-31-21-25-33(39)27-23-32-22-26-34(28-24-31)40(30-32)42(37-17-9-3-10-18-37)38-19-11-4-12-20-38;/h1-22,25-26,29-30H,23-24,27-28H2;1H2. The predicted octanol–water partition coefficient (Wildman–Crippen LogP) is 7.20. The molecule has 0 aromatic heterocycles. The van der Waals surface area contributed by atoms with Gasteiger partial charge in [-0.15, -0.1) is 0 Å². The lowest BCUT2D eigenvalue weighted by atomic mass is 9.96. The normalized spacial score (nSPS) is 12.5. The summed E-state index contributed by atoms with van der Waals surface area (Å²) in [7, 11) is -1.26. The molecule has 0 radical (unpaired) electrons. The van der Waals surface area contributed by atoms with Gasteiger partial charge in [0.2, 0.25) is 0 Å². The molecule has 0 aliphatic heterocycles. The van der Waals surface area contributed by atoms with E-state index in [-0.39, 0.29) is 13.5 Å². The van der Waals surface area contributed by atoms with Gasteiger partial charge in [-0.3, -0.25) is 0 Å². The van der Waals surface area contributed by atoms with Crippen molar-refractivity contribution in [1.29, 1.82) is 0 Å². The molecule has 6 aromatic rings. The molecule has 0 unspecified atom stereocenters. The van der Waals surface area contributed by atoms with Crippen molar-refractivity contribution in [2.75, 3.05) is 0 Å². The van der Waals surface area contributed by atoms with E-state index >= 15 is 0 Å². The zero-order valence-electron chi connectivity index (χ0n) is 24.2. The van der Waals surface area contributed by atoms with Crippen molar-refractivity contribution in [1.82, 2.24) is 0 Å². The highest BCUT2D eigenvalue weighted by atomic mass is 32.1. The lowest BCUT2D eigenvalue weighted by Crippen LogP contribution is -2.26. The van der Waals surface area contributed by atoms with Crippen LogP contribution in [0.1, 0.15) is 22.3 Å². The van der Waals surface area contributed by atoms with Gasteiger partial charge in [0, 0.05) is 0 Å². The average Bonchev–Trinajstić information content (AvgIpc) is 3.05. The minimum absolute atomic E-state index is 0. The summed E-state index contributed by atoms with van der Waals surface area (Å²) in [5.74, 6) is 0. The second kappa shape index (κ2) is 13.9. The smallest absolute Gasteiger partial charge is 0.0116 e. The second-order valence-electron chi connectivity index (χ2n) is 10.9. The molecule has 0 heterocycles. The Hall–Kier alpha value is -3.47. The van der Waals surface area contributed by atoms with Gasteiger partial charge >= 0.3 is 0 Å². The van der Waals surface area contributed by atoms with Crippen molar-refractivity contribution < 1.29 is 0 Å². The summed E-state index contributed by atoms with van der Waals surface area (Å²) in [6.45, 7) is 0. The van der Waals surface area contributed by atoms with Gasteiger partial charge in [-0.25, -0.2) is 0 Å². The average molecular weight is 611 g/mol. The maximum absolute atomic E-state index is 2.55. The molecule has 0 N–H and O–H groups in total. The van der Waals surface area contributed by atoms with Crippen LogP contribution >= 0.6 is 29.3 Å². The molecule has 0 atom stereocenters. The van der Waals surface area contributed by atoms with E-state index in [1.54, 1.807) is 0 Å². The van der Waals surface area contributed by atoms with E-state index in [2.05, 4.69) is 158 Å². The van der Waals surface area contributed by atoms with E-state index in [0.717, 1.165) is 25.7 Å². The molecular weight excluding hydrogens is 574 g/mol. The van der Waals surface area contributed by atoms with Crippen molar-refractivity contribution in [2.45, 2.75) is 25.7 Å². The van der Waals surface area contributed by atoms with Crippen LogP contribution in [0.15, 0.2) is 158 Å². The maximum atomic E-state index is 2.55. The van der Waals surface area contributed by atoms with E-state index in [1.807, 2.05) is 0 Å². The van der Waals surface area contributed by atoms with Gasteiger partial charge in [-0.05, 0) is 95.6 Å². The van der Waals surface area contributed by atoms with E-state index < -0.39 is 15.8 Å². The van der Waals surface area contributed by atoms with Crippen LogP contribution in [0.4, 0.5) is 0 Å². The van der Waals surface area contributed by atoms with E-state index in [9.17, 15) is 0 Å². The fourth-order valence-electron chi connectivity index (χ4n) is 6.09. The zero-order valence-corrected chi connectivity index (χ0v) is 27.0. The van der Waals surface area contributed by atoms with Crippen LogP contribution in [-0.4, -0.2) is 0 Å². The van der Waals surface area contributed by atoms with Crippen LogP contribution in [-0.2, 0) is 25.7 Å². The number of aryl methyl sites for hydroxylation is 4. The van der Waals surface area contributed by atoms with Gasteiger partial charge in [0.25, 0.3) is 0 Å². The first-order valence-corrected chi connectivity index (χ1v) is 17.6. The first-order valence-electron chi connectivity index (χ1n) is 14.9. The Labute approximate surface area is 265 Å². The van der Waals surface area contributed by atoms with Gasteiger partial charge in [0.15, 0.2) is 0 Å². The monoisotopic (exact) mass is 610 g/mol. The Balaban J connectivity index is 0.00000329. The number of benzene rings is 6. The summed E-state index contributed by atoms with van der Waals surface area (Å²) in [5, 5.41) is 8.73. The van der Waals surface area contributed by atoms with Crippen LogP contribution in [0.2, 0.25) is 0 Å². The third-order valence-corrected chi connectivity index (χ3v) is 13.3. The fourth-order valence-corrected chi connectivity index (χ4v) is 11.2. The Kier molecular flexibility index (Phi) is 9.55. The van der Waals surface area contributed by atoms with Gasteiger partial charge in [-0.2, -0.15) is 13.5 Å². The topological polar surface area (TPSA) is 0 Å². The molecule has 6 aromatic carbocycles. The van der Waals surface area contributed by atoms with Gasteiger partial charge < -0.3 is 0 Å². The summed E-state index contributed by atoms with van der Waals surface area (Å²) in [5.41, 5.74) is 5.84. The molecule has 3 heteroatoms. The fraction of sp³-hybridized carbons (Fsp3) is 0.100. The van der Waals surface area contributed by atoms with Crippen LogP contribution in [0.25, 0.3) is 0 Å². The Morgan fingerprint density at radius 3 is 0.930 bits per heavy atom. The van der Waals surface area contributed by atoms with Gasteiger partial charge in [-0.1, -0.05) is 158 Å². The molecule has 0 saturated carbocycles. The minimum atomic E-state index is -0.630. The van der Waals surface area contributed by atoms with Gasteiger partial charge in [0.1, 0.15) is 0 Å². The summed E-state index contributed by atoms with van der Waals surface area (Å²) >= 11 is 0. The predicted molar refractivity (Wildman–Crippen MR) is 195 cm³/mol. The molecule has 0 amide bonds. The number of rotatable bonds is 6. The van der Waals surface area contributed by atoms with E-state index in [0.29, 0.717) is 0 Å². The van der Waals surface area contributed by atoms with Crippen molar-refractivity contribution in [3.63, 3.8) is 0 Å². The van der Waals surface area contributed by atoms with Crippen LogP contribution in [0, 0.1) is 0 Å². The van der Waals surface area contributed by atoms with Crippen LogP contribution in [0.3, 0.4) is 0 Å². The van der Waals surface area contributed by atoms with Crippen molar-refractivity contribution in [3.05, 3.63) is 180 Å². The maximum Gasteiger partial charge on any atom is -0.0116 e. The molecule has 43 heavy (non-hydrogen) atoms. The minimum Gasteiger partial charge on any atom is -0.197 e. The first-order chi connectivity index (χ1) is 20.8. The Morgan fingerprint density at radius 2 is 0.628 bits per heavy atom. The summed E-state index contributed by atoms with van der Waals surface area (Å²) in [6.07, 6.45) is 4.17. The lowest BCUT2D eigenvalue weighted by Gasteiger charge is -2.26. The molecule has 4 aliphatic carbocycles. The Morgan fingerprint density at radius 1 is 0.326 bits per heavy atom. The molecule has 0 saturated heterocycles. The van der Waals surface area contributed by atoms with E-state index in [4.69, 9.17) is 0 Å². The van der Waals surface area contributed by atoms with Gasteiger partial charge in [0.05, 0.1) is 0 Å².